The van der Waals surface area contributed by atoms with Crippen LogP contribution in [0.1, 0.15) is 21.5 Å². The van der Waals surface area contributed by atoms with Crippen LogP contribution >= 0.6 is 0 Å². The third-order valence-corrected chi connectivity index (χ3v) is 5.80. The Kier molecular flexibility index (Phi) is 5.76. The first kappa shape index (κ1) is 20.0. The molecular formula is C19H20FN3O4S. The molecule has 9 heteroatoms. The van der Waals surface area contributed by atoms with Gasteiger partial charge in [-0.1, -0.05) is 18.2 Å². The van der Waals surface area contributed by atoms with Crippen LogP contribution in [0.3, 0.4) is 0 Å². The average Bonchev–Trinajstić information content (AvgIpc) is 3.06. The van der Waals surface area contributed by atoms with Gasteiger partial charge in [0.05, 0.1) is 30.1 Å². The molecule has 0 amide bonds. The number of nitrogens with one attached hydrogen (secondary N) is 1. The van der Waals surface area contributed by atoms with E-state index in [9.17, 15) is 17.6 Å². The number of ether oxygens (including phenoxy) is 1. The van der Waals surface area contributed by atoms with Gasteiger partial charge in [0.1, 0.15) is 5.82 Å². The van der Waals surface area contributed by atoms with Crippen molar-refractivity contribution >= 4 is 26.9 Å². The van der Waals surface area contributed by atoms with Crippen molar-refractivity contribution in [3.05, 3.63) is 65.1 Å². The van der Waals surface area contributed by atoms with Gasteiger partial charge in [0.25, 0.3) is 0 Å². The van der Waals surface area contributed by atoms with Gasteiger partial charge < -0.3 is 4.74 Å². The van der Waals surface area contributed by atoms with Crippen molar-refractivity contribution in [2.75, 3.05) is 12.9 Å². The van der Waals surface area contributed by atoms with Crippen LogP contribution in [0.5, 0.6) is 0 Å². The van der Waals surface area contributed by atoms with Gasteiger partial charge in [-0.05, 0) is 30.2 Å². The van der Waals surface area contributed by atoms with E-state index in [1.54, 1.807) is 10.9 Å². The summed E-state index contributed by atoms with van der Waals surface area (Å²) in [5.41, 5.74) is 2.02. The summed E-state index contributed by atoms with van der Waals surface area (Å²) in [7, 11) is -0.597. The zero-order valence-electron chi connectivity index (χ0n) is 15.5. The number of aryl methyl sites for hydroxylation is 2. The number of hydrogen-bond acceptors (Lipinski definition) is 5. The third kappa shape index (κ3) is 4.37. The van der Waals surface area contributed by atoms with Crippen molar-refractivity contribution in [1.82, 2.24) is 14.5 Å². The van der Waals surface area contributed by atoms with Gasteiger partial charge in [0, 0.05) is 24.5 Å². The lowest BCUT2D eigenvalue weighted by atomic mass is 10.1. The second-order valence-electron chi connectivity index (χ2n) is 6.31. The molecule has 0 saturated heterocycles. The average molecular weight is 405 g/mol. The Morgan fingerprint density at radius 1 is 1.25 bits per heavy atom. The molecule has 1 heterocycles. The molecule has 0 atom stereocenters. The largest absolute Gasteiger partial charge is 0.465 e. The fourth-order valence-electron chi connectivity index (χ4n) is 2.89. The maximum Gasteiger partial charge on any atom is 0.337 e. The van der Waals surface area contributed by atoms with E-state index in [1.165, 1.54) is 19.2 Å². The van der Waals surface area contributed by atoms with Gasteiger partial charge in [-0.15, -0.1) is 0 Å². The number of carbonyl (C=O) groups excluding carboxylic acids is 1. The molecular weight excluding hydrogens is 385 g/mol. The van der Waals surface area contributed by atoms with Crippen molar-refractivity contribution in [1.29, 1.82) is 0 Å². The fraction of sp³-hybridized carbons (Fsp3) is 0.263. The lowest BCUT2D eigenvalue weighted by Gasteiger charge is -2.09. The van der Waals surface area contributed by atoms with E-state index in [0.717, 1.165) is 22.5 Å². The second kappa shape index (κ2) is 8.07. The Labute approximate surface area is 162 Å². The standard InChI is InChI=1S/C19H20FN3O4S/c1-23-18-5-3-4-13(16(18)12-21-23)8-9-28(25,26)22-11-15-7-6-14(10-17(15)20)19(24)27-2/h3-7,10,12,22H,8-9,11H2,1-2H3. The Morgan fingerprint density at radius 3 is 2.75 bits per heavy atom. The smallest absolute Gasteiger partial charge is 0.337 e. The molecule has 1 aromatic heterocycles. The minimum Gasteiger partial charge on any atom is -0.465 e. The molecule has 3 rings (SSSR count). The molecule has 0 aliphatic rings. The number of methoxy groups -OCH3 is 1. The summed E-state index contributed by atoms with van der Waals surface area (Å²) >= 11 is 0. The van der Waals surface area contributed by atoms with Crippen LogP contribution in [0.4, 0.5) is 4.39 Å². The van der Waals surface area contributed by atoms with Gasteiger partial charge in [-0.2, -0.15) is 5.10 Å². The van der Waals surface area contributed by atoms with E-state index >= 15 is 0 Å². The first-order valence-corrected chi connectivity index (χ1v) is 10.2. The van der Waals surface area contributed by atoms with E-state index in [1.807, 2.05) is 25.2 Å². The highest BCUT2D eigenvalue weighted by molar-refractivity contribution is 7.89. The predicted octanol–water partition coefficient (Wildman–Crippen LogP) is 2.16. The Morgan fingerprint density at radius 2 is 2.04 bits per heavy atom. The number of hydrogen-bond donors (Lipinski definition) is 1. The second-order valence-corrected chi connectivity index (χ2v) is 8.23. The number of esters is 1. The Hall–Kier alpha value is -2.78. The Balaban J connectivity index is 1.65. The van der Waals surface area contributed by atoms with E-state index < -0.39 is 21.8 Å². The molecule has 28 heavy (non-hydrogen) atoms. The molecule has 2 aromatic carbocycles. The van der Waals surface area contributed by atoms with Crippen LogP contribution in [0.15, 0.2) is 42.6 Å². The van der Waals surface area contributed by atoms with Crippen LogP contribution in [-0.2, 0) is 34.8 Å². The molecule has 0 spiro atoms. The normalized spacial score (nSPS) is 11.7. The van der Waals surface area contributed by atoms with Crippen LogP contribution in [-0.4, -0.2) is 37.0 Å². The molecule has 0 saturated carbocycles. The molecule has 7 nitrogen and oxygen atoms in total. The summed E-state index contributed by atoms with van der Waals surface area (Å²) in [5, 5.41) is 5.10. The molecule has 0 aliphatic heterocycles. The van der Waals surface area contributed by atoms with E-state index in [4.69, 9.17) is 0 Å². The number of nitrogens with zero attached hydrogens (tertiary/aromatic N) is 2. The molecule has 3 aromatic rings. The predicted molar refractivity (Wildman–Crippen MR) is 103 cm³/mol. The SMILES string of the molecule is COC(=O)c1ccc(CNS(=O)(=O)CCc2cccc3c2cnn3C)c(F)c1. The van der Waals surface area contributed by atoms with Gasteiger partial charge in [-0.25, -0.2) is 22.3 Å². The molecule has 0 unspecified atom stereocenters. The highest BCUT2D eigenvalue weighted by atomic mass is 32.2. The highest BCUT2D eigenvalue weighted by Gasteiger charge is 2.15. The summed E-state index contributed by atoms with van der Waals surface area (Å²) in [5.74, 6) is -1.47. The van der Waals surface area contributed by atoms with E-state index in [-0.39, 0.29) is 23.4 Å². The fourth-order valence-corrected chi connectivity index (χ4v) is 3.90. The van der Waals surface area contributed by atoms with Gasteiger partial charge in [0.2, 0.25) is 10.0 Å². The number of aromatic nitrogens is 2. The van der Waals surface area contributed by atoms with E-state index in [0.29, 0.717) is 6.42 Å². The van der Waals surface area contributed by atoms with Gasteiger partial charge >= 0.3 is 5.97 Å². The zero-order chi connectivity index (χ0) is 20.3. The molecule has 148 valence electrons. The minimum absolute atomic E-state index is 0.0659. The van der Waals surface area contributed by atoms with Crippen LogP contribution in [0.2, 0.25) is 0 Å². The van der Waals surface area contributed by atoms with Gasteiger partial charge in [-0.3, -0.25) is 4.68 Å². The molecule has 0 bridgehead atoms. The van der Waals surface area contributed by atoms with Crippen LogP contribution < -0.4 is 4.72 Å². The van der Waals surface area contributed by atoms with E-state index in [2.05, 4.69) is 14.6 Å². The summed E-state index contributed by atoms with van der Waals surface area (Å²) < 4.78 is 47.4. The lowest BCUT2D eigenvalue weighted by Crippen LogP contribution is -2.27. The van der Waals surface area contributed by atoms with Crippen molar-refractivity contribution in [3.8, 4) is 0 Å². The first-order valence-electron chi connectivity index (χ1n) is 8.54. The number of rotatable bonds is 7. The molecule has 0 aliphatic carbocycles. The highest BCUT2D eigenvalue weighted by Crippen LogP contribution is 2.19. The van der Waals surface area contributed by atoms with Crippen LogP contribution in [0.25, 0.3) is 10.9 Å². The number of benzene rings is 2. The molecule has 1 N–H and O–H groups in total. The molecule has 0 fully saturated rings. The lowest BCUT2D eigenvalue weighted by molar-refractivity contribution is 0.0600. The zero-order valence-corrected chi connectivity index (χ0v) is 16.3. The summed E-state index contributed by atoms with van der Waals surface area (Å²) in [6.45, 7) is -0.202. The first-order chi connectivity index (χ1) is 13.3. The molecule has 0 radical (unpaired) electrons. The minimum atomic E-state index is -3.62. The summed E-state index contributed by atoms with van der Waals surface area (Å²) in [6.07, 6.45) is 2.02. The number of carbonyl (C=O) groups is 1. The van der Waals surface area contributed by atoms with Gasteiger partial charge in [0.15, 0.2) is 0 Å². The van der Waals surface area contributed by atoms with Crippen molar-refractivity contribution in [2.45, 2.75) is 13.0 Å². The topological polar surface area (TPSA) is 90.3 Å². The van der Waals surface area contributed by atoms with Crippen molar-refractivity contribution in [2.24, 2.45) is 7.05 Å². The quantitative estimate of drug-likeness (QED) is 0.609. The Bertz CT molecular complexity index is 1130. The number of fused-ring (bicyclic) bond motifs is 1. The summed E-state index contributed by atoms with van der Waals surface area (Å²) in [6, 6.07) is 9.42. The van der Waals surface area contributed by atoms with Crippen molar-refractivity contribution < 1.29 is 22.3 Å². The summed E-state index contributed by atoms with van der Waals surface area (Å²) in [4.78, 5) is 11.4. The maximum atomic E-state index is 14.1. The maximum absolute atomic E-state index is 14.1. The van der Waals surface area contributed by atoms with Crippen molar-refractivity contribution in [3.63, 3.8) is 0 Å². The third-order valence-electron chi connectivity index (χ3n) is 4.48. The number of halogens is 1. The van der Waals surface area contributed by atoms with Crippen LogP contribution in [0, 0.1) is 5.82 Å². The number of sulfonamides is 1. The monoisotopic (exact) mass is 405 g/mol.